The van der Waals surface area contributed by atoms with Crippen LogP contribution in [-0.4, -0.2) is 0 Å². The zero-order chi connectivity index (χ0) is 14.0. The zero-order valence-corrected chi connectivity index (χ0v) is 10.6. The van der Waals surface area contributed by atoms with E-state index in [1.165, 1.54) is 6.07 Å². The Kier molecular flexibility index (Phi) is 3.71. The highest BCUT2D eigenvalue weighted by Crippen LogP contribution is 2.31. The molecule has 0 atom stereocenters. The van der Waals surface area contributed by atoms with Crippen molar-refractivity contribution in [2.24, 2.45) is 0 Å². The molecule has 0 fully saturated rings. The first-order valence-corrected chi connectivity index (χ1v) is 5.94. The van der Waals surface area contributed by atoms with Gasteiger partial charge in [-0.25, -0.2) is 0 Å². The first-order valence-electron chi connectivity index (χ1n) is 5.56. The van der Waals surface area contributed by atoms with Gasteiger partial charge in [-0.05, 0) is 47.9 Å². The Morgan fingerprint density at radius 3 is 2.21 bits per heavy atom. The summed E-state index contributed by atoms with van der Waals surface area (Å²) in [4.78, 5) is 0. The van der Waals surface area contributed by atoms with Crippen LogP contribution in [-0.2, 0) is 12.6 Å². The van der Waals surface area contributed by atoms with Crippen molar-refractivity contribution in [1.82, 2.24) is 0 Å². The van der Waals surface area contributed by atoms with Gasteiger partial charge in [0.25, 0.3) is 0 Å². The molecule has 0 radical (unpaired) electrons. The van der Waals surface area contributed by atoms with Gasteiger partial charge in [0.05, 0.1) is 5.56 Å². The van der Waals surface area contributed by atoms with E-state index < -0.39 is 11.7 Å². The summed E-state index contributed by atoms with van der Waals surface area (Å²) in [6.07, 6.45) is -4.02. The largest absolute Gasteiger partial charge is 0.416 e. The Bertz CT molecular complexity index is 576. The summed E-state index contributed by atoms with van der Waals surface area (Å²) < 4.78 is 37.9. The van der Waals surface area contributed by atoms with Crippen molar-refractivity contribution in [3.63, 3.8) is 0 Å². The van der Waals surface area contributed by atoms with Gasteiger partial charge in [0.15, 0.2) is 0 Å². The Morgan fingerprint density at radius 1 is 1.00 bits per heavy atom. The van der Waals surface area contributed by atoms with Crippen molar-refractivity contribution in [3.05, 3.63) is 64.2 Å². The summed E-state index contributed by atoms with van der Waals surface area (Å²) >= 11 is 5.76. The third-order valence-electron chi connectivity index (χ3n) is 2.78. The van der Waals surface area contributed by atoms with Crippen molar-refractivity contribution in [2.45, 2.75) is 12.6 Å². The lowest BCUT2D eigenvalue weighted by molar-refractivity contribution is -0.137. The average Bonchev–Trinajstić information content (AvgIpc) is 2.33. The van der Waals surface area contributed by atoms with Crippen LogP contribution >= 0.6 is 11.6 Å². The van der Waals surface area contributed by atoms with E-state index in [2.05, 4.69) is 0 Å². The van der Waals surface area contributed by atoms with Gasteiger partial charge in [-0.2, -0.15) is 13.2 Å². The summed E-state index contributed by atoms with van der Waals surface area (Å²) in [5, 5.41) is 0.584. The molecule has 0 saturated carbocycles. The predicted molar refractivity (Wildman–Crippen MR) is 70.1 cm³/mol. The summed E-state index contributed by atoms with van der Waals surface area (Å²) in [6, 6.07) is 10.3. The SMILES string of the molecule is Nc1ccc(C(F)(F)F)cc1Cc1ccc(Cl)cc1. The summed E-state index contributed by atoms with van der Waals surface area (Å²) in [5.41, 5.74) is 6.69. The minimum atomic E-state index is -4.36. The van der Waals surface area contributed by atoms with E-state index in [0.717, 1.165) is 17.7 Å². The first kappa shape index (κ1) is 13.7. The number of nitrogens with two attached hydrogens (primary N) is 1. The molecule has 0 bridgehead atoms. The van der Waals surface area contributed by atoms with E-state index in [9.17, 15) is 13.2 Å². The van der Waals surface area contributed by atoms with Crippen LogP contribution in [0.1, 0.15) is 16.7 Å². The molecule has 0 saturated heterocycles. The lowest BCUT2D eigenvalue weighted by Crippen LogP contribution is -2.07. The highest BCUT2D eigenvalue weighted by molar-refractivity contribution is 6.30. The number of anilines is 1. The number of hydrogen-bond acceptors (Lipinski definition) is 1. The van der Waals surface area contributed by atoms with Gasteiger partial charge < -0.3 is 5.73 Å². The third-order valence-corrected chi connectivity index (χ3v) is 3.03. The molecule has 0 amide bonds. The number of hydrogen-bond donors (Lipinski definition) is 1. The molecule has 0 aliphatic carbocycles. The standard InChI is InChI=1S/C14H11ClF3N/c15-12-4-1-9(2-5-12)7-10-8-11(14(16,17)18)3-6-13(10)19/h1-6,8H,7,19H2. The molecule has 2 N–H and O–H groups in total. The van der Waals surface area contributed by atoms with Crippen LogP contribution < -0.4 is 5.73 Å². The Balaban J connectivity index is 2.31. The molecule has 100 valence electrons. The van der Waals surface area contributed by atoms with Gasteiger partial charge in [0.2, 0.25) is 0 Å². The van der Waals surface area contributed by atoms with Crippen LogP contribution in [0.5, 0.6) is 0 Å². The fourth-order valence-corrected chi connectivity index (χ4v) is 1.88. The molecule has 0 unspecified atom stereocenters. The highest BCUT2D eigenvalue weighted by Gasteiger charge is 2.30. The molecular formula is C14H11ClF3N. The van der Waals surface area contributed by atoms with Gasteiger partial charge in [-0.15, -0.1) is 0 Å². The van der Waals surface area contributed by atoms with Crippen LogP contribution in [0.15, 0.2) is 42.5 Å². The minimum Gasteiger partial charge on any atom is -0.398 e. The Hall–Kier alpha value is -1.68. The quantitative estimate of drug-likeness (QED) is 0.806. The van der Waals surface area contributed by atoms with E-state index in [4.69, 9.17) is 17.3 Å². The van der Waals surface area contributed by atoms with Gasteiger partial charge >= 0.3 is 6.18 Å². The van der Waals surface area contributed by atoms with Crippen molar-refractivity contribution in [3.8, 4) is 0 Å². The number of rotatable bonds is 2. The molecule has 0 aliphatic heterocycles. The zero-order valence-electron chi connectivity index (χ0n) is 9.84. The summed E-state index contributed by atoms with van der Waals surface area (Å²) in [5.74, 6) is 0. The topological polar surface area (TPSA) is 26.0 Å². The molecule has 2 aromatic carbocycles. The van der Waals surface area contributed by atoms with E-state index in [-0.39, 0.29) is 0 Å². The molecule has 0 aliphatic rings. The fraction of sp³-hybridized carbons (Fsp3) is 0.143. The second-order valence-corrected chi connectivity index (χ2v) is 4.65. The molecule has 0 spiro atoms. The normalized spacial score (nSPS) is 11.6. The third kappa shape index (κ3) is 3.41. The van der Waals surface area contributed by atoms with Crippen LogP contribution in [0.2, 0.25) is 5.02 Å². The van der Waals surface area contributed by atoms with Crippen LogP contribution in [0.3, 0.4) is 0 Å². The highest BCUT2D eigenvalue weighted by atomic mass is 35.5. The average molecular weight is 286 g/mol. The Labute approximate surface area is 113 Å². The molecule has 0 aromatic heterocycles. The van der Waals surface area contributed by atoms with E-state index >= 15 is 0 Å². The molecule has 5 heteroatoms. The molecule has 2 aromatic rings. The van der Waals surface area contributed by atoms with Gasteiger partial charge in [0, 0.05) is 10.7 Å². The smallest absolute Gasteiger partial charge is 0.398 e. The van der Waals surface area contributed by atoms with Crippen LogP contribution in [0, 0.1) is 0 Å². The maximum Gasteiger partial charge on any atom is 0.416 e. The number of benzene rings is 2. The van der Waals surface area contributed by atoms with Crippen molar-refractivity contribution < 1.29 is 13.2 Å². The monoisotopic (exact) mass is 285 g/mol. The maximum atomic E-state index is 12.6. The molecule has 1 nitrogen and oxygen atoms in total. The predicted octanol–water partition coefficient (Wildman–Crippen LogP) is 4.53. The molecule has 19 heavy (non-hydrogen) atoms. The number of halogens is 4. The summed E-state index contributed by atoms with van der Waals surface area (Å²) in [7, 11) is 0. The molecule has 2 rings (SSSR count). The first-order chi connectivity index (χ1) is 8.86. The van der Waals surface area contributed by atoms with Crippen LogP contribution in [0.25, 0.3) is 0 Å². The molecule has 0 heterocycles. The van der Waals surface area contributed by atoms with Crippen molar-refractivity contribution in [2.75, 3.05) is 5.73 Å². The number of nitrogen functional groups attached to an aromatic ring is 1. The maximum absolute atomic E-state index is 12.6. The fourth-order valence-electron chi connectivity index (χ4n) is 1.76. The molecular weight excluding hydrogens is 275 g/mol. The van der Waals surface area contributed by atoms with E-state index in [1.807, 2.05) is 0 Å². The van der Waals surface area contributed by atoms with E-state index in [1.54, 1.807) is 24.3 Å². The van der Waals surface area contributed by atoms with E-state index in [0.29, 0.717) is 22.7 Å². The van der Waals surface area contributed by atoms with Crippen molar-refractivity contribution in [1.29, 1.82) is 0 Å². The van der Waals surface area contributed by atoms with Gasteiger partial charge in [-0.1, -0.05) is 23.7 Å². The van der Waals surface area contributed by atoms with Crippen LogP contribution in [0.4, 0.5) is 18.9 Å². The second-order valence-electron chi connectivity index (χ2n) is 4.21. The van der Waals surface area contributed by atoms with Crippen molar-refractivity contribution >= 4 is 17.3 Å². The number of alkyl halides is 3. The lowest BCUT2D eigenvalue weighted by Gasteiger charge is -2.11. The second kappa shape index (κ2) is 5.13. The minimum absolute atomic E-state index is 0.340. The lowest BCUT2D eigenvalue weighted by atomic mass is 10.0. The summed E-state index contributed by atoms with van der Waals surface area (Å²) in [6.45, 7) is 0. The Morgan fingerprint density at radius 2 is 1.63 bits per heavy atom. The van der Waals surface area contributed by atoms with Gasteiger partial charge in [0.1, 0.15) is 0 Å². The van der Waals surface area contributed by atoms with Gasteiger partial charge in [-0.3, -0.25) is 0 Å².